The van der Waals surface area contributed by atoms with Crippen LogP contribution in [0.5, 0.6) is 0 Å². The van der Waals surface area contributed by atoms with Crippen LogP contribution in [0.4, 0.5) is 4.39 Å². The first-order valence-electron chi connectivity index (χ1n) is 6.38. The molecule has 3 heteroatoms. The normalized spacial score (nSPS) is 20.3. The Bertz CT molecular complexity index is 438. The summed E-state index contributed by atoms with van der Waals surface area (Å²) in [6, 6.07) is 6.12. The summed E-state index contributed by atoms with van der Waals surface area (Å²) in [5.41, 5.74) is 0.842. The Morgan fingerprint density at radius 2 is 2.11 bits per heavy atom. The maximum Gasteiger partial charge on any atom is 0.246 e. The second-order valence-corrected chi connectivity index (χ2v) is 4.92. The van der Waals surface area contributed by atoms with E-state index in [-0.39, 0.29) is 11.7 Å². The van der Waals surface area contributed by atoms with E-state index in [1.807, 2.05) is 4.90 Å². The Labute approximate surface area is 107 Å². The fraction of sp³-hybridized carbons (Fsp3) is 0.400. The quantitative estimate of drug-likeness (QED) is 0.735. The van der Waals surface area contributed by atoms with Crippen LogP contribution in [0.15, 0.2) is 30.3 Å². The molecule has 96 valence electrons. The van der Waals surface area contributed by atoms with Gasteiger partial charge in [-0.05, 0) is 42.5 Å². The predicted octanol–water partition coefficient (Wildman–Crippen LogP) is 3.10. The second kappa shape index (κ2) is 5.80. The summed E-state index contributed by atoms with van der Waals surface area (Å²) < 4.78 is 12.7. The van der Waals surface area contributed by atoms with Crippen LogP contribution >= 0.6 is 0 Å². The highest BCUT2D eigenvalue weighted by atomic mass is 19.1. The summed E-state index contributed by atoms with van der Waals surface area (Å²) in [7, 11) is 0. The monoisotopic (exact) mass is 247 g/mol. The zero-order valence-electron chi connectivity index (χ0n) is 10.6. The number of hydrogen-bond donors (Lipinski definition) is 0. The molecule has 1 aromatic rings. The van der Waals surface area contributed by atoms with E-state index in [9.17, 15) is 9.18 Å². The van der Waals surface area contributed by atoms with Gasteiger partial charge in [0.1, 0.15) is 5.82 Å². The molecule has 1 aromatic carbocycles. The Morgan fingerprint density at radius 3 is 2.78 bits per heavy atom. The molecule has 0 bridgehead atoms. The smallest absolute Gasteiger partial charge is 0.246 e. The number of carbonyl (C=O) groups excluding carboxylic acids is 1. The van der Waals surface area contributed by atoms with Crippen LogP contribution < -0.4 is 0 Å². The van der Waals surface area contributed by atoms with E-state index in [1.54, 1.807) is 24.3 Å². The number of halogens is 1. The number of likely N-dealkylation sites (tertiary alicyclic amines) is 1. The summed E-state index contributed by atoms with van der Waals surface area (Å²) in [6.45, 7) is 3.85. The SMILES string of the molecule is CC1CCCN(C(=O)C=Cc2ccc(F)cc2)C1. The van der Waals surface area contributed by atoms with Crippen LogP contribution in [0.25, 0.3) is 6.08 Å². The van der Waals surface area contributed by atoms with Gasteiger partial charge in [0.05, 0.1) is 0 Å². The molecule has 1 atom stereocenters. The first kappa shape index (κ1) is 12.8. The summed E-state index contributed by atoms with van der Waals surface area (Å²) in [5, 5.41) is 0. The number of benzene rings is 1. The van der Waals surface area contributed by atoms with Crippen LogP contribution in [0.1, 0.15) is 25.3 Å². The van der Waals surface area contributed by atoms with Gasteiger partial charge in [-0.25, -0.2) is 4.39 Å². The highest BCUT2D eigenvalue weighted by Gasteiger charge is 2.18. The van der Waals surface area contributed by atoms with Crippen molar-refractivity contribution in [2.75, 3.05) is 13.1 Å². The van der Waals surface area contributed by atoms with Crippen LogP contribution in [0.3, 0.4) is 0 Å². The lowest BCUT2D eigenvalue weighted by atomic mass is 10.0. The fourth-order valence-electron chi connectivity index (χ4n) is 2.24. The minimum Gasteiger partial charge on any atom is -0.339 e. The number of amides is 1. The molecular formula is C15H18FNO. The molecule has 1 unspecified atom stereocenters. The van der Waals surface area contributed by atoms with Gasteiger partial charge in [0.2, 0.25) is 5.91 Å². The predicted molar refractivity (Wildman–Crippen MR) is 70.4 cm³/mol. The summed E-state index contributed by atoms with van der Waals surface area (Å²) in [6.07, 6.45) is 5.59. The molecule has 0 saturated carbocycles. The number of hydrogen-bond acceptors (Lipinski definition) is 1. The van der Waals surface area contributed by atoms with E-state index in [4.69, 9.17) is 0 Å². The Balaban J connectivity index is 1.96. The lowest BCUT2D eigenvalue weighted by molar-refractivity contribution is -0.127. The van der Waals surface area contributed by atoms with Crippen LogP contribution in [-0.2, 0) is 4.79 Å². The third kappa shape index (κ3) is 3.42. The highest BCUT2D eigenvalue weighted by molar-refractivity contribution is 5.91. The third-order valence-corrected chi connectivity index (χ3v) is 3.26. The molecule has 0 aromatic heterocycles. The molecule has 2 nitrogen and oxygen atoms in total. The van der Waals surface area contributed by atoms with Crippen molar-refractivity contribution < 1.29 is 9.18 Å². The summed E-state index contributed by atoms with van der Waals surface area (Å²) >= 11 is 0. The van der Waals surface area contributed by atoms with Crippen LogP contribution in [0.2, 0.25) is 0 Å². The standard InChI is InChI=1S/C15H18FNO/c1-12-3-2-10-17(11-12)15(18)9-6-13-4-7-14(16)8-5-13/h4-9,12H,2-3,10-11H2,1H3. The Hall–Kier alpha value is -1.64. The van der Waals surface area contributed by atoms with Gasteiger partial charge in [-0.15, -0.1) is 0 Å². The third-order valence-electron chi connectivity index (χ3n) is 3.26. The molecular weight excluding hydrogens is 229 g/mol. The van der Waals surface area contributed by atoms with Crippen molar-refractivity contribution in [2.24, 2.45) is 5.92 Å². The number of piperidine rings is 1. The van der Waals surface area contributed by atoms with Gasteiger partial charge in [0.25, 0.3) is 0 Å². The Morgan fingerprint density at radius 1 is 1.39 bits per heavy atom. The first-order valence-corrected chi connectivity index (χ1v) is 6.38. The van der Waals surface area contributed by atoms with E-state index in [2.05, 4.69) is 6.92 Å². The number of nitrogens with zero attached hydrogens (tertiary/aromatic N) is 1. The molecule has 1 amide bonds. The minimum atomic E-state index is -0.261. The van der Waals surface area contributed by atoms with Gasteiger partial charge in [0, 0.05) is 19.2 Å². The van der Waals surface area contributed by atoms with Gasteiger partial charge in [-0.2, -0.15) is 0 Å². The molecule has 18 heavy (non-hydrogen) atoms. The van der Waals surface area contributed by atoms with Crippen molar-refractivity contribution in [3.05, 3.63) is 41.7 Å². The van der Waals surface area contributed by atoms with Crippen molar-refractivity contribution in [2.45, 2.75) is 19.8 Å². The molecule has 0 spiro atoms. The highest BCUT2D eigenvalue weighted by Crippen LogP contribution is 2.16. The van der Waals surface area contributed by atoms with Gasteiger partial charge in [-0.1, -0.05) is 19.1 Å². The van der Waals surface area contributed by atoms with Gasteiger partial charge in [-0.3, -0.25) is 4.79 Å². The molecule has 1 aliphatic heterocycles. The zero-order valence-corrected chi connectivity index (χ0v) is 10.6. The van der Waals surface area contributed by atoms with Gasteiger partial charge < -0.3 is 4.90 Å². The van der Waals surface area contributed by atoms with Gasteiger partial charge in [0.15, 0.2) is 0 Å². The van der Waals surface area contributed by atoms with E-state index in [1.165, 1.54) is 18.6 Å². The average Bonchev–Trinajstić information content (AvgIpc) is 2.38. The molecule has 1 saturated heterocycles. The minimum absolute atomic E-state index is 0.0471. The molecule has 0 aliphatic carbocycles. The molecule has 1 aliphatic rings. The van der Waals surface area contributed by atoms with Crippen molar-refractivity contribution >= 4 is 12.0 Å². The maximum atomic E-state index is 12.7. The molecule has 0 radical (unpaired) electrons. The van der Waals surface area contributed by atoms with Crippen molar-refractivity contribution in [1.82, 2.24) is 4.90 Å². The Kier molecular flexibility index (Phi) is 4.13. The van der Waals surface area contributed by atoms with E-state index >= 15 is 0 Å². The zero-order chi connectivity index (χ0) is 13.0. The van der Waals surface area contributed by atoms with E-state index in [0.29, 0.717) is 5.92 Å². The van der Waals surface area contributed by atoms with Gasteiger partial charge >= 0.3 is 0 Å². The summed E-state index contributed by atoms with van der Waals surface area (Å²) in [5.74, 6) is 0.371. The molecule has 2 rings (SSSR count). The van der Waals surface area contributed by atoms with E-state index < -0.39 is 0 Å². The summed E-state index contributed by atoms with van der Waals surface area (Å²) in [4.78, 5) is 13.8. The lowest BCUT2D eigenvalue weighted by Gasteiger charge is -2.30. The maximum absolute atomic E-state index is 12.7. The van der Waals surface area contributed by atoms with Crippen molar-refractivity contribution in [1.29, 1.82) is 0 Å². The molecule has 0 N–H and O–H groups in total. The van der Waals surface area contributed by atoms with Crippen molar-refractivity contribution in [3.8, 4) is 0 Å². The second-order valence-electron chi connectivity index (χ2n) is 4.92. The number of rotatable bonds is 2. The average molecular weight is 247 g/mol. The first-order chi connectivity index (χ1) is 8.65. The lowest BCUT2D eigenvalue weighted by Crippen LogP contribution is -2.38. The van der Waals surface area contributed by atoms with Crippen LogP contribution in [-0.4, -0.2) is 23.9 Å². The largest absolute Gasteiger partial charge is 0.339 e. The fourth-order valence-corrected chi connectivity index (χ4v) is 2.24. The number of carbonyl (C=O) groups is 1. The van der Waals surface area contributed by atoms with Crippen molar-refractivity contribution in [3.63, 3.8) is 0 Å². The molecule has 1 heterocycles. The topological polar surface area (TPSA) is 20.3 Å². The van der Waals surface area contributed by atoms with Crippen LogP contribution in [0, 0.1) is 11.7 Å². The van der Waals surface area contributed by atoms with E-state index in [0.717, 1.165) is 25.1 Å². The molecule has 1 fully saturated rings.